The van der Waals surface area contributed by atoms with E-state index in [1.165, 1.54) is 5.69 Å². The molecule has 1 heterocycles. The monoisotopic (exact) mass is 323 g/mol. The van der Waals surface area contributed by atoms with Gasteiger partial charge in [0.05, 0.1) is 35.3 Å². The molecule has 2 aromatic rings. The summed E-state index contributed by atoms with van der Waals surface area (Å²) in [7, 11) is 0. The standard InChI is InChI=1S/C15H14ClN3O.ClH/c16-12-6-10(7-17)4-5-14(12)20-8-11-2-1-3-13-15(11)19-9-18-13;/h4-6,9,11H,1-3,8H2,(H,18,19);1H. The Kier molecular flexibility index (Phi) is 5.11. The molecule has 1 aliphatic carbocycles. The van der Waals surface area contributed by atoms with E-state index in [9.17, 15) is 0 Å². The van der Waals surface area contributed by atoms with Crippen molar-refractivity contribution >= 4 is 24.0 Å². The average molecular weight is 324 g/mol. The number of nitriles is 1. The van der Waals surface area contributed by atoms with Crippen LogP contribution < -0.4 is 4.74 Å². The van der Waals surface area contributed by atoms with Crippen molar-refractivity contribution in [2.45, 2.75) is 25.2 Å². The largest absolute Gasteiger partial charge is 0.491 e. The second-order valence-corrected chi connectivity index (χ2v) is 5.33. The highest BCUT2D eigenvalue weighted by molar-refractivity contribution is 6.32. The van der Waals surface area contributed by atoms with E-state index in [-0.39, 0.29) is 12.4 Å². The molecule has 0 aliphatic heterocycles. The molecule has 21 heavy (non-hydrogen) atoms. The molecule has 1 aromatic carbocycles. The summed E-state index contributed by atoms with van der Waals surface area (Å²) >= 11 is 6.11. The molecule has 0 bridgehead atoms. The molecule has 1 aliphatic rings. The van der Waals surface area contributed by atoms with Crippen LogP contribution in [0.25, 0.3) is 0 Å². The smallest absolute Gasteiger partial charge is 0.138 e. The summed E-state index contributed by atoms with van der Waals surface area (Å²) in [6.07, 6.45) is 5.03. The van der Waals surface area contributed by atoms with E-state index in [1.807, 2.05) is 0 Å². The Morgan fingerprint density at radius 1 is 1.48 bits per heavy atom. The van der Waals surface area contributed by atoms with E-state index in [4.69, 9.17) is 21.6 Å². The second kappa shape index (κ2) is 6.84. The molecule has 0 fully saturated rings. The van der Waals surface area contributed by atoms with Crippen LogP contribution in [0.1, 0.15) is 35.7 Å². The normalized spacial score (nSPS) is 16.5. The van der Waals surface area contributed by atoms with Gasteiger partial charge in [-0.1, -0.05) is 11.6 Å². The topological polar surface area (TPSA) is 61.7 Å². The number of aromatic amines is 1. The maximum absolute atomic E-state index is 8.81. The fourth-order valence-corrected chi connectivity index (χ4v) is 2.82. The van der Waals surface area contributed by atoms with Gasteiger partial charge in [-0.25, -0.2) is 4.98 Å². The van der Waals surface area contributed by atoms with E-state index in [1.54, 1.807) is 24.5 Å². The van der Waals surface area contributed by atoms with Gasteiger partial charge in [0.2, 0.25) is 0 Å². The van der Waals surface area contributed by atoms with Crippen molar-refractivity contribution in [2.24, 2.45) is 0 Å². The number of fused-ring (bicyclic) bond motifs is 1. The molecule has 1 unspecified atom stereocenters. The Hall–Kier alpha value is -1.70. The predicted molar refractivity (Wildman–Crippen MR) is 83.2 cm³/mol. The number of imidazole rings is 1. The Balaban J connectivity index is 0.00000161. The maximum Gasteiger partial charge on any atom is 0.138 e. The molecule has 0 spiro atoms. The molecular weight excluding hydrogens is 309 g/mol. The van der Waals surface area contributed by atoms with Crippen LogP contribution in [-0.2, 0) is 6.42 Å². The van der Waals surface area contributed by atoms with Crippen LogP contribution in [-0.4, -0.2) is 16.6 Å². The average Bonchev–Trinajstić information content (AvgIpc) is 2.95. The van der Waals surface area contributed by atoms with E-state index < -0.39 is 0 Å². The molecule has 0 saturated heterocycles. The maximum atomic E-state index is 8.81. The van der Waals surface area contributed by atoms with Crippen molar-refractivity contribution in [3.05, 3.63) is 46.5 Å². The molecule has 0 radical (unpaired) electrons. The highest BCUT2D eigenvalue weighted by Gasteiger charge is 2.23. The summed E-state index contributed by atoms with van der Waals surface area (Å²) in [4.78, 5) is 7.57. The fourth-order valence-electron chi connectivity index (χ4n) is 2.59. The van der Waals surface area contributed by atoms with E-state index >= 15 is 0 Å². The Labute approximate surface area is 134 Å². The van der Waals surface area contributed by atoms with Gasteiger partial charge in [0.25, 0.3) is 0 Å². The highest BCUT2D eigenvalue weighted by atomic mass is 35.5. The molecule has 1 aromatic heterocycles. The molecule has 1 atom stereocenters. The van der Waals surface area contributed by atoms with Crippen LogP contribution in [0.5, 0.6) is 5.75 Å². The highest BCUT2D eigenvalue weighted by Crippen LogP contribution is 2.31. The van der Waals surface area contributed by atoms with Crippen molar-refractivity contribution < 1.29 is 4.74 Å². The minimum atomic E-state index is 0. The van der Waals surface area contributed by atoms with Crippen molar-refractivity contribution in [1.82, 2.24) is 9.97 Å². The molecule has 0 amide bonds. The van der Waals surface area contributed by atoms with Crippen LogP contribution in [0.3, 0.4) is 0 Å². The number of halogens is 2. The number of aromatic nitrogens is 2. The molecule has 110 valence electrons. The van der Waals surface area contributed by atoms with Gasteiger partial charge in [0.1, 0.15) is 5.75 Å². The number of hydrogen-bond donors (Lipinski definition) is 1. The van der Waals surface area contributed by atoms with Gasteiger partial charge in [-0.3, -0.25) is 0 Å². The fraction of sp³-hybridized carbons (Fsp3) is 0.333. The summed E-state index contributed by atoms with van der Waals surface area (Å²) in [5, 5.41) is 9.29. The van der Waals surface area contributed by atoms with Crippen molar-refractivity contribution in [1.29, 1.82) is 5.26 Å². The molecule has 1 N–H and O–H groups in total. The minimum absolute atomic E-state index is 0. The number of rotatable bonds is 3. The van der Waals surface area contributed by atoms with E-state index in [2.05, 4.69) is 16.0 Å². The molecular formula is C15H15Cl2N3O. The summed E-state index contributed by atoms with van der Waals surface area (Å²) in [5.74, 6) is 0.921. The number of H-pyrrole nitrogens is 1. The first kappa shape index (κ1) is 15.7. The van der Waals surface area contributed by atoms with Gasteiger partial charge in [0, 0.05) is 11.6 Å². The summed E-state index contributed by atoms with van der Waals surface area (Å²) in [6.45, 7) is 0.559. The quantitative estimate of drug-likeness (QED) is 0.932. The SMILES string of the molecule is Cl.N#Cc1ccc(OCC2CCCc3[nH]cnc32)c(Cl)c1. The Bertz CT molecular complexity index is 663. The molecule has 0 saturated carbocycles. The zero-order valence-corrected chi connectivity index (χ0v) is 12.9. The van der Waals surface area contributed by atoms with Gasteiger partial charge in [-0.15, -0.1) is 12.4 Å². The second-order valence-electron chi connectivity index (χ2n) is 4.92. The molecule has 3 rings (SSSR count). The lowest BCUT2D eigenvalue weighted by molar-refractivity contribution is 0.272. The number of hydrogen-bond acceptors (Lipinski definition) is 3. The van der Waals surface area contributed by atoms with E-state index in [0.717, 1.165) is 25.0 Å². The Morgan fingerprint density at radius 3 is 3.10 bits per heavy atom. The van der Waals surface area contributed by atoms with Crippen molar-refractivity contribution in [2.75, 3.05) is 6.61 Å². The number of nitrogens with one attached hydrogen (secondary N) is 1. The first-order valence-electron chi connectivity index (χ1n) is 6.62. The first-order valence-corrected chi connectivity index (χ1v) is 7.00. The molecule has 6 heteroatoms. The van der Waals surface area contributed by atoms with Gasteiger partial charge in [-0.2, -0.15) is 5.26 Å². The van der Waals surface area contributed by atoms with Gasteiger partial charge in [0.15, 0.2) is 0 Å². The Morgan fingerprint density at radius 2 is 2.33 bits per heavy atom. The minimum Gasteiger partial charge on any atom is -0.491 e. The third-order valence-electron chi connectivity index (χ3n) is 3.62. The number of benzene rings is 1. The number of ether oxygens (including phenoxy) is 1. The van der Waals surface area contributed by atoms with E-state index in [0.29, 0.717) is 28.9 Å². The zero-order chi connectivity index (χ0) is 13.9. The van der Waals surface area contributed by atoms with Gasteiger partial charge in [-0.05, 0) is 37.5 Å². The first-order chi connectivity index (χ1) is 9.78. The third kappa shape index (κ3) is 3.31. The van der Waals surface area contributed by atoms with Crippen LogP contribution in [0, 0.1) is 11.3 Å². The lowest BCUT2D eigenvalue weighted by Crippen LogP contribution is -2.16. The van der Waals surface area contributed by atoms with Crippen LogP contribution in [0.15, 0.2) is 24.5 Å². The van der Waals surface area contributed by atoms with Crippen LogP contribution in [0.2, 0.25) is 5.02 Å². The number of nitrogens with zero attached hydrogens (tertiary/aromatic N) is 2. The molecule has 4 nitrogen and oxygen atoms in total. The summed E-state index contributed by atoms with van der Waals surface area (Å²) < 4.78 is 5.81. The lowest BCUT2D eigenvalue weighted by Gasteiger charge is -2.21. The van der Waals surface area contributed by atoms with Gasteiger partial charge < -0.3 is 9.72 Å². The third-order valence-corrected chi connectivity index (χ3v) is 3.91. The summed E-state index contributed by atoms with van der Waals surface area (Å²) in [6, 6.07) is 7.13. The van der Waals surface area contributed by atoms with Gasteiger partial charge >= 0.3 is 0 Å². The lowest BCUT2D eigenvalue weighted by atomic mass is 9.90. The zero-order valence-electron chi connectivity index (χ0n) is 11.3. The van der Waals surface area contributed by atoms with Crippen LogP contribution in [0.4, 0.5) is 0 Å². The van der Waals surface area contributed by atoms with Crippen molar-refractivity contribution in [3.63, 3.8) is 0 Å². The van der Waals surface area contributed by atoms with Crippen LogP contribution >= 0.6 is 24.0 Å². The predicted octanol–water partition coefficient (Wildman–Crippen LogP) is 3.86. The van der Waals surface area contributed by atoms with Crippen molar-refractivity contribution in [3.8, 4) is 11.8 Å². The number of aryl methyl sites for hydroxylation is 1. The summed E-state index contributed by atoms with van der Waals surface area (Å²) in [5.41, 5.74) is 2.87.